The van der Waals surface area contributed by atoms with E-state index in [2.05, 4.69) is 10.3 Å². The Balaban J connectivity index is 1.37. The topological polar surface area (TPSA) is 99.6 Å². The minimum Gasteiger partial charge on any atom is -0.480 e. The number of carbonyl (C=O) groups excluding carboxylic acids is 2. The Bertz CT molecular complexity index is 1590. The van der Waals surface area contributed by atoms with Crippen molar-refractivity contribution in [3.63, 3.8) is 0 Å². The minimum atomic E-state index is -1.66. The fourth-order valence-electron chi connectivity index (χ4n) is 6.08. The molecular formula is C34H29N3O4. The molecule has 0 spiro atoms. The van der Waals surface area contributed by atoms with E-state index in [4.69, 9.17) is 0 Å². The van der Waals surface area contributed by atoms with E-state index in [9.17, 15) is 19.5 Å². The molecule has 6 rings (SSSR count). The number of nitrogens with zero attached hydrogens (tertiary/aromatic N) is 2. The molecule has 41 heavy (non-hydrogen) atoms. The van der Waals surface area contributed by atoms with Gasteiger partial charge in [-0.2, -0.15) is 0 Å². The van der Waals surface area contributed by atoms with Crippen LogP contribution in [0.3, 0.4) is 0 Å². The van der Waals surface area contributed by atoms with E-state index in [0.717, 1.165) is 22.3 Å². The molecule has 2 saturated heterocycles. The number of likely N-dealkylation sites (tertiary alicyclic amines) is 1. The molecule has 2 fully saturated rings. The van der Waals surface area contributed by atoms with Gasteiger partial charge in [0.05, 0.1) is 24.1 Å². The first-order valence-electron chi connectivity index (χ1n) is 13.6. The van der Waals surface area contributed by atoms with Crippen LogP contribution in [0.4, 0.5) is 0 Å². The number of carboxylic acids is 1. The quantitative estimate of drug-likeness (QED) is 0.246. The normalized spacial score (nSPS) is 23.7. The third-order valence-corrected chi connectivity index (χ3v) is 8.06. The molecule has 4 unspecified atom stereocenters. The third-order valence-electron chi connectivity index (χ3n) is 8.06. The van der Waals surface area contributed by atoms with Crippen molar-refractivity contribution in [2.45, 2.75) is 24.5 Å². The Morgan fingerprint density at radius 3 is 2.10 bits per heavy atom. The number of imide groups is 1. The van der Waals surface area contributed by atoms with Gasteiger partial charge in [-0.3, -0.25) is 29.6 Å². The van der Waals surface area contributed by atoms with Crippen molar-refractivity contribution in [2.24, 2.45) is 11.8 Å². The first-order valence-corrected chi connectivity index (χ1v) is 13.6. The van der Waals surface area contributed by atoms with Crippen LogP contribution in [-0.2, 0) is 27.3 Å². The third kappa shape index (κ3) is 4.96. The van der Waals surface area contributed by atoms with Crippen LogP contribution < -0.4 is 5.32 Å². The molecule has 2 amide bonds. The average molecular weight is 544 g/mol. The second-order valence-corrected chi connectivity index (χ2v) is 10.6. The van der Waals surface area contributed by atoms with Crippen LogP contribution in [0.2, 0.25) is 0 Å². The maximum Gasteiger partial charge on any atom is 0.325 e. The second kappa shape index (κ2) is 10.9. The molecule has 4 aromatic rings. The number of benzene rings is 3. The summed E-state index contributed by atoms with van der Waals surface area (Å²) < 4.78 is 0. The van der Waals surface area contributed by atoms with E-state index in [1.165, 1.54) is 4.90 Å². The molecule has 2 aliphatic rings. The van der Waals surface area contributed by atoms with Crippen LogP contribution in [0.25, 0.3) is 12.2 Å². The zero-order valence-electron chi connectivity index (χ0n) is 22.3. The van der Waals surface area contributed by atoms with Gasteiger partial charge in [-0.25, -0.2) is 0 Å². The van der Waals surface area contributed by atoms with Crippen molar-refractivity contribution >= 4 is 29.9 Å². The Labute approximate surface area is 238 Å². The number of nitrogens with one attached hydrogen (secondary N) is 1. The Morgan fingerprint density at radius 2 is 1.46 bits per heavy atom. The SMILES string of the molecule is O=C1C2C(c3ccc(C=Cc4ccccc4)cc3)NC(Cc3ccccc3)(C(=O)O)C2C(=O)N1Cc1ccccn1. The molecule has 0 saturated carbocycles. The summed E-state index contributed by atoms with van der Waals surface area (Å²) >= 11 is 0. The molecule has 3 heterocycles. The van der Waals surface area contributed by atoms with Crippen LogP contribution in [0.15, 0.2) is 109 Å². The number of fused-ring (bicyclic) bond motifs is 1. The van der Waals surface area contributed by atoms with Crippen molar-refractivity contribution < 1.29 is 19.5 Å². The highest BCUT2D eigenvalue weighted by molar-refractivity contribution is 6.09. The predicted molar refractivity (Wildman–Crippen MR) is 155 cm³/mol. The monoisotopic (exact) mass is 543 g/mol. The number of hydrogen-bond acceptors (Lipinski definition) is 5. The number of rotatable bonds is 8. The first kappa shape index (κ1) is 26.3. The second-order valence-electron chi connectivity index (χ2n) is 10.6. The van der Waals surface area contributed by atoms with Crippen molar-refractivity contribution in [3.8, 4) is 0 Å². The number of pyridine rings is 1. The molecule has 1 aromatic heterocycles. The molecule has 3 aromatic carbocycles. The highest BCUT2D eigenvalue weighted by Crippen LogP contribution is 2.50. The first-order chi connectivity index (χ1) is 20.0. The Kier molecular flexibility index (Phi) is 7.03. The van der Waals surface area contributed by atoms with Gasteiger partial charge in [0, 0.05) is 18.7 Å². The number of carbonyl (C=O) groups is 3. The summed E-state index contributed by atoms with van der Waals surface area (Å²) in [5.41, 5.74) is 2.48. The van der Waals surface area contributed by atoms with Gasteiger partial charge in [-0.15, -0.1) is 0 Å². The summed E-state index contributed by atoms with van der Waals surface area (Å²) in [4.78, 5) is 46.4. The summed E-state index contributed by atoms with van der Waals surface area (Å²) in [6, 6.07) is 31.5. The predicted octanol–water partition coefficient (Wildman–Crippen LogP) is 4.76. The number of hydrogen-bond donors (Lipinski definition) is 2. The molecule has 0 aliphatic carbocycles. The molecule has 0 bridgehead atoms. The van der Waals surface area contributed by atoms with Crippen molar-refractivity contribution in [2.75, 3.05) is 0 Å². The highest BCUT2D eigenvalue weighted by atomic mass is 16.4. The number of aromatic nitrogens is 1. The maximum absolute atomic E-state index is 13.9. The van der Waals surface area contributed by atoms with Crippen LogP contribution in [-0.4, -0.2) is 38.3 Å². The minimum absolute atomic E-state index is 0.00246. The largest absolute Gasteiger partial charge is 0.480 e. The fourth-order valence-corrected chi connectivity index (χ4v) is 6.08. The molecule has 4 atom stereocenters. The van der Waals surface area contributed by atoms with Gasteiger partial charge in [0.15, 0.2) is 0 Å². The van der Waals surface area contributed by atoms with E-state index in [0.29, 0.717) is 5.69 Å². The molecule has 7 heteroatoms. The lowest BCUT2D eigenvalue weighted by atomic mass is 9.76. The molecule has 2 aliphatic heterocycles. The van der Waals surface area contributed by atoms with Crippen molar-refractivity contribution in [3.05, 3.63) is 137 Å². The van der Waals surface area contributed by atoms with Gasteiger partial charge >= 0.3 is 5.97 Å². The van der Waals surface area contributed by atoms with Gasteiger partial charge in [0.2, 0.25) is 11.8 Å². The molecular weight excluding hydrogens is 514 g/mol. The summed E-state index contributed by atoms with van der Waals surface area (Å²) in [5, 5.41) is 14.0. The van der Waals surface area contributed by atoms with Gasteiger partial charge in [-0.1, -0.05) is 103 Å². The zero-order valence-corrected chi connectivity index (χ0v) is 22.3. The standard InChI is InChI=1S/C34H29N3O4/c38-31-28-29(32(39)37(31)22-27-13-7-8-20-35-27)34(33(40)41,21-25-11-5-2-6-12-25)36-30(28)26-18-16-24(17-19-26)15-14-23-9-3-1-4-10-23/h1-20,28-30,36H,21-22H2,(H,40,41). The van der Waals surface area contributed by atoms with Crippen LogP contribution in [0, 0.1) is 11.8 Å². The number of amides is 2. The number of aliphatic carboxylic acids is 1. The van der Waals surface area contributed by atoms with E-state index in [1.54, 1.807) is 24.4 Å². The van der Waals surface area contributed by atoms with Gasteiger partial charge < -0.3 is 5.11 Å². The van der Waals surface area contributed by atoms with E-state index >= 15 is 0 Å². The molecule has 2 N–H and O–H groups in total. The lowest BCUT2D eigenvalue weighted by Crippen LogP contribution is -2.57. The summed E-state index contributed by atoms with van der Waals surface area (Å²) in [5.74, 6) is -3.95. The van der Waals surface area contributed by atoms with E-state index < -0.39 is 35.3 Å². The summed E-state index contributed by atoms with van der Waals surface area (Å²) in [6.07, 6.45) is 5.69. The Hall–Kier alpha value is -4.88. The lowest BCUT2D eigenvalue weighted by Gasteiger charge is -2.31. The summed E-state index contributed by atoms with van der Waals surface area (Å²) in [7, 11) is 0. The van der Waals surface area contributed by atoms with Gasteiger partial charge in [0.1, 0.15) is 5.54 Å². The van der Waals surface area contributed by atoms with E-state index in [1.807, 2.05) is 97.1 Å². The van der Waals surface area contributed by atoms with E-state index in [-0.39, 0.29) is 18.9 Å². The summed E-state index contributed by atoms with van der Waals surface area (Å²) in [6.45, 7) is 0.00246. The maximum atomic E-state index is 13.9. The molecule has 7 nitrogen and oxygen atoms in total. The highest BCUT2D eigenvalue weighted by Gasteiger charge is 2.68. The number of carboxylic acid groups (broad SMARTS) is 1. The van der Waals surface area contributed by atoms with Gasteiger partial charge in [-0.05, 0) is 34.4 Å². The Morgan fingerprint density at radius 1 is 0.829 bits per heavy atom. The fraction of sp³-hybridized carbons (Fsp3) is 0.176. The van der Waals surface area contributed by atoms with Gasteiger partial charge in [0.25, 0.3) is 0 Å². The zero-order chi connectivity index (χ0) is 28.4. The molecule has 204 valence electrons. The smallest absolute Gasteiger partial charge is 0.325 e. The molecule has 0 radical (unpaired) electrons. The van der Waals surface area contributed by atoms with Crippen LogP contribution in [0.5, 0.6) is 0 Å². The van der Waals surface area contributed by atoms with Crippen LogP contribution >= 0.6 is 0 Å². The lowest BCUT2D eigenvalue weighted by molar-refractivity contribution is -0.151. The van der Waals surface area contributed by atoms with Crippen molar-refractivity contribution in [1.29, 1.82) is 0 Å². The van der Waals surface area contributed by atoms with Crippen LogP contribution in [0.1, 0.15) is 34.0 Å². The average Bonchev–Trinajstić information content (AvgIpc) is 3.47. The van der Waals surface area contributed by atoms with Crippen molar-refractivity contribution in [1.82, 2.24) is 15.2 Å².